The highest BCUT2D eigenvalue weighted by Crippen LogP contribution is 2.63. The Balaban J connectivity index is 2.23. The number of thiophene rings is 1. The summed E-state index contributed by atoms with van der Waals surface area (Å²) in [5, 5.41) is 8.72. The molecule has 1 aliphatic rings. The van der Waals surface area contributed by atoms with Gasteiger partial charge in [0.05, 0.1) is 0 Å². The lowest BCUT2D eigenvalue weighted by molar-refractivity contribution is 0.457. The molecule has 6 heteroatoms. The Bertz CT molecular complexity index is 607. The van der Waals surface area contributed by atoms with Crippen molar-refractivity contribution in [3.63, 3.8) is 0 Å². The highest BCUT2D eigenvalue weighted by Gasteiger charge is 2.66. The summed E-state index contributed by atoms with van der Waals surface area (Å²) in [6.45, 7) is 8.20. The van der Waals surface area contributed by atoms with Crippen LogP contribution in [0.15, 0.2) is 16.3 Å². The first kappa shape index (κ1) is 13.5. The summed E-state index contributed by atoms with van der Waals surface area (Å²) in [4.78, 5) is 0.407. The Kier molecular flexibility index (Phi) is 2.85. The van der Waals surface area contributed by atoms with Gasteiger partial charge in [0.1, 0.15) is 15.2 Å². The SMILES string of the molecule is CC1(C)C(NS(=O)(=O)c2ccc(C#N)s2)C1(C)C. The number of nitriles is 1. The average molecular weight is 284 g/mol. The van der Waals surface area contributed by atoms with E-state index in [0.717, 1.165) is 11.3 Å². The van der Waals surface area contributed by atoms with Crippen molar-refractivity contribution in [3.8, 4) is 6.07 Å². The van der Waals surface area contributed by atoms with Crippen molar-refractivity contribution in [1.82, 2.24) is 4.72 Å². The van der Waals surface area contributed by atoms with Crippen LogP contribution in [0.5, 0.6) is 0 Å². The van der Waals surface area contributed by atoms with Gasteiger partial charge in [-0.2, -0.15) is 5.26 Å². The number of hydrogen-bond donors (Lipinski definition) is 1. The quantitative estimate of drug-likeness (QED) is 0.926. The molecule has 1 aromatic heterocycles. The van der Waals surface area contributed by atoms with E-state index in [1.807, 2.05) is 6.07 Å². The lowest BCUT2D eigenvalue weighted by Crippen LogP contribution is -2.29. The van der Waals surface area contributed by atoms with Crippen LogP contribution in [-0.2, 0) is 10.0 Å². The third-order valence-corrected chi connectivity index (χ3v) is 7.15. The Morgan fingerprint density at radius 1 is 1.28 bits per heavy atom. The molecular weight excluding hydrogens is 268 g/mol. The van der Waals surface area contributed by atoms with Gasteiger partial charge >= 0.3 is 0 Å². The van der Waals surface area contributed by atoms with Crippen LogP contribution in [0.2, 0.25) is 0 Å². The predicted molar refractivity (Wildman–Crippen MR) is 70.7 cm³/mol. The maximum Gasteiger partial charge on any atom is 0.250 e. The van der Waals surface area contributed by atoms with E-state index in [1.165, 1.54) is 12.1 Å². The zero-order chi connectivity index (χ0) is 13.8. The standard InChI is InChI=1S/C12H16N2O2S2/c1-11(2)10(12(11,3)4)14-18(15,16)9-6-5-8(7-13)17-9/h5-6,10,14H,1-4H3. The summed E-state index contributed by atoms with van der Waals surface area (Å²) in [7, 11) is -3.51. The van der Waals surface area contributed by atoms with Crippen LogP contribution in [0, 0.1) is 22.2 Å². The number of nitrogens with zero attached hydrogens (tertiary/aromatic N) is 1. The number of hydrogen-bond acceptors (Lipinski definition) is 4. The van der Waals surface area contributed by atoms with Gasteiger partial charge in [0.15, 0.2) is 0 Å². The highest BCUT2D eigenvalue weighted by molar-refractivity contribution is 7.91. The van der Waals surface area contributed by atoms with Crippen LogP contribution in [0.25, 0.3) is 0 Å². The van der Waals surface area contributed by atoms with E-state index in [1.54, 1.807) is 0 Å². The largest absolute Gasteiger partial charge is 0.250 e. The number of sulfonamides is 1. The molecule has 0 atom stereocenters. The summed E-state index contributed by atoms with van der Waals surface area (Å²) in [5.74, 6) is 0. The minimum absolute atomic E-state index is 0.0462. The van der Waals surface area contributed by atoms with Gasteiger partial charge in [-0.05, 0) is 23.0 Å². The minimum atomic E-state index is -3.51. The van der Waals surface area contributed by atoms with Crippen molar-refractivity contribution in [3.05, 3.63) is 17.0 Å². The van der Waals surface area contributed by atoms with E-state index in [4.69, 9.17) is 5.26 Å². The molecule has 1 fully saturated rings. The molecule has 0 amide bonds. The zero-order valence-corrected chi connectivity index (χ0v) is 12.4. The molecule has 0 spiro atoms. The molecule has 1 heterocycles. The maximum absolute atomic E-state index is 12.2. The average Bonchev–Trinajstić information content (AvgIpc) is 2.68. The van der Waals surface area contributed by atoms with E-state index < -0.39 is 10.0 Å². The molecule has 1 aromatic rings. The van der Waals surface area contributed by atoms with E-state index in [0.29, 0.717) is 4.88 Å². The van der Waals surface area contributed by atoms with Gasteiger partial charge in [0.25, 0.3) is 0 Å². The van der Waals surface area contributed by atoms with Crippen LogP contribution in [-0.4, -0.2) is 14.5 Å². The van der Waals surface area contributed by atoms with E-state index in [9.17, 15) is 8.42 Å². The van der Waals surface area contributed by atoms with Gasteiger partial charge in [-0.15, -0.1) is 11.3 Å². The third-order valence-electron chi connectivity index (χ3n) is 4.25. The monoisotopic (exact) mass is 284 g/mol. The Morgan fingerprint density at radius 3 is 2.22 bits per heavy atom. The molecule has 0 radical (unpaired) electrons. The zero-order valence-electron chi connectivity index (χ0n) is 10.8. The summed E-state index contributed by atoms with van der Waals surface area (Å²) in [5.41, 5.74) is -0.0925. The molecule has 1 saturated carbocycles. The second-order valence-corrected chi connectivity index (χ2v) is 8.75. The Morgan fingerprint density at radius 2 is 1.83 bits per heavy atom. The summed E-state index contributed by atoms with van der Waals surface area (Å²) in [6.07, 6.45) is 0. The summed E-state index contributed by atoms with van der Waals surface area (Å²) in [6, 6.07) is 4.89. The molecule has 0 aliphatic heterocycles. The van der Waals surface area contributed by atoms with Gasteiger partial charge in [0, 0.05) is 6.04 Å². The normalized spacial score (nSPS) is 21.5. The molecule has 2 rings (SSSR count). The number of nitrogens with one attached hydrogen (secondary N) is 1. The fraction of sp³-hybridized carbons (Fsp3) is 0.583. The van der Waals surface area contributed by atoms with Crippen LogP contribution < -0.4 is 4.72 Å². The maximum atomic E-state index is 12.2. The van der Waals surface area contributed by atoms with Crippen molar-refractivity contribution in [1.29, 1.82) is 5.26 Å². The van der Waals surface area contributed by atoms with Crippen molar-refractivity contribution >= 4 is 21.4 Å². The molecule has 0 aromatic carbocycles. The van der Waals surface area contributed by atoms with Gasteiger partial charge in [-0.1, -0.05) is 27.7 Å². The fourth-order valence-electron chi connectivity index (χ4n) is 2.23. The lowest BCUT2D eigenvalue weighted by Gasteiger charge is -2.05. The lowest BCUT2D eigenvalue weighted by atomic mass is 10.0. The van der Waals surface area contributed by atoms with E-state index in [2.05, 4.69) is 32.4 Å². The molecule has 1 N–H and O–H groups in total. The predicted octanol–water partition coefficient (Wildman–Crippen LogP) is 2.33. The highest BCUT2D eigenvalue weighted by atomic mass is 32.2. The Hall–Kier alpha value is -0.900. The van der Waals surface area contributed by atoms with E-state index >= 15 is 0 Å². The summed E-state index contributed by atoms with van der Waals surface area (Å²) < 4.78 is 27.3. The van der Waals surface area contributed by atoms with Gasteiger partial charge in [-0.3, -0.25) is 0 Å². The van der Waals surface area contributed by atoms with Crippen LogP contribution in [0.3, 0.4) is 0 Å². The first-order chi connectivity index (χ1) is 8.13. The van der Waals surface area contributed by atoms with Crippen molar-refractivity contribution in [2.75, 3.05) is 0 Å². The number of rotatable bonds is 3. The van der Waals surface area contributed by atoms with Gasteiger partial charge in [-0.25, -0.2) is 13.1 Å². The molecule has 4 nitrogen and oxygen atoms in total. The fourth-order valence-corrected chi connectivity index (χ4v) is 4.88. The second kappa shape index (κ2) is 3.80. The third kappa shape index (κ3) is 1.87. The van der Waals surface area contributed by atoms with Crippen molar-refractivity contribution < 1.29 is 8.42 Å². The first-order valence-electron chi connectivity index (χ1n) is 5.65. The van der Waals surface area contributed by atoms with Gasteiger partial charge < -0.3 is 0 Å². The second-order valence-electron chi connectivity index (χ2n) is 5.73. The van der Waals surface area contributed by atoms with Crippen molar-refractivity contribution in [2.45, 2.75) is 37.9 Å². The molecule has 98 valence electrons. The first-order valence-corrected chi connectivity index (χ1v) is 7.95. The van der Waals surface area contributed by atoms with Crippen molar-refractivity contribution in [2.24, 2.45) is 10.8 Å². The molecular formula is C12H16N2O2S2. The summed E-state index contributed by atoms with van der Waals surface area (Å²) >= 11 is 0.998. The molecule has 18 heavy (non-hydrogen) atoms. The Labute approximate surface area is 112 Å². The molecule has 0 unspecified atom stereocenters. The smallest absolute Gasteiger partial charge is 0.206 e. The van der Waals surface area contributed by atoms with Crippen LogP contribution >= 0.6 is 11.3 Å². The van der Waals surface area contributed by atoms with Gasteiger partial charge in [0.2, 0.25) is 10.0 Å². The molecule has 0 bridgehead atoms. The van der Waals surface area contributed by atoms with E-state index in [-0.39, 0.29) is 21.1 Å². The van der Waals surface area contributed by atoms with Crippen LogP contribution in [0.1, 0.15) is 32.6 Å². The molecule has 1 aliphatic carbocycles. The minimum Gasteiger partial charge on any atom is -0.206 e. The molecule has 0 saturated heterocycles. The van der Waals surface area contributed by atoms with Crippen LogP contribution in [0.4, 0.5) is 0 Å². The topological polar surface area (TPSA) is 70.0 Å².